The topological polar surface area (TPSA) is 59.1 Å². The zero-order valence-corrected chi connectivity index (χ0v) is 18.9. The summed E-state index contributed by atoms with van der Waals surface area (Å²) in [4.78, 5) is 10.6. The Hall–Kier alpha value is -0.780. The molecule has 164 valence electrons. The lowest BCUT2D eigenvalue weighted by atomic mass is 9.78. The summed E-state index contributed by atoms with van der Waals surface area (Å²) < 4.78 is 12.1. The summed E-state index contributed by atoms with van der Waals surface area (Å²) in [6.07, 6.45) is 17.2. The molecule has 0 aromatic rings. The molecule has 1 N–H and O–H groups in total. The van der Waals surface area contributed by atoms with E-state index in [4.69, 9.17) is 14.6 Å². The number of unbranched alkanes of at least 4 members (excludes halogenated alkanes) is 3. The van der Waals surface area contributed by atoms with E-state index in [1.807, 2.05) is 0 Å². The predicted octanol–water partition coefficient (Wildman–Crippen LogP) is 5.62. The van der Waals surface area contributed by atoms with Crippen LogP contribution in [0.25, 0.3) is 0 Å². The zero-order chi connectivity index (χ0) is 20.6. The minimum Gasteiger partial charge on any atom is -0.481 e. The van der Waals surface area contributed by atoms with Gasteiger partial charge in [0.15, 0.2) is 0 Å². The molecular formula is C24H38O4S. The molecule has 3 fully saturated rings. The average molecular weight is 423 g/mol. The second-order valence-corrected chi connectivity index (χ2v) is 9.78. The van der Waals surface area contributed by atoms with E-state index in [1.165, 1.54) is 37.9 Å². The monoisotopic (exact) mass is 422 g/mol. The van der Waals surface area contributed by atoms with Gasteiger partial charge >= 0.3 is 5.97 Å². The fraction of sp³-hybridized carbons (Fsp3) is 0.792. The Morgan fingerprint density at radius 3 is 2.45 bits per heavy atom. The molecule has 0 aromatic carbocycles. The van der Waals surface area contributed by atoms with Crippen LogP contribution in [0.5, 0.6) is 0 Å². The minimum atomic E-state index is -0.708. The van der Waals surface area contributed by atoms with Gasteiger partial charge < -0.3 is 14.6 Å². The van der Waals surface area contributed by atoms with Crippen LogP contribution in [0.1, 0.15) is 71.6 Å². The molecule has 0 amide bonds. The van der Waals surface area contributed by atoms with E-state index in [9.17, 15) is 4.79 Å². The Kier molecular flexibility index (Phi) is 9.13. The molecule has 3 heterocycles. The van der Waals surface area contributed by atoms with E-state index in [1.54, 1.807) is 5.57 Å². The Morgan fingerprint density at radius 2 is 1.72 bits per heavy atom. The van der Waals surface area contributed by atoms with Crippen LogP contribution in [0.3, 0.4) is 0 Å². The van der Waals surface area contributed by atoms with Gasteiger partial charge in [-0.1, -0.05) is 50.5 Å². The maximum Gasteiger partial charge on any atom is 0.303 e. The smallest absolute Gasteiger partial charge is 0.303 e. The van der Waals surface area contributed by atoms with Crippen molar-refractivity contribution in [3.05, 3.63) is 23.8 Å². The largest absolute Gasteiger partial charge is 0.481 e. The number of allylic oxidation sites excluding steroid dienone is 4. The quantitative estimate of drug-likeness (QED) is 0.211. The van der Waals surface area contributed by atoms with E-state index in [0.29, 0.717) is 30.1 Å². The highest BCUT2D eigenvalue weighted by molar-refractivity contribution is 7.99. The number of fused-ring (bicyclic) bond motifs is 5. The van der Waals surface area contributed by atoms with Crippen molar-refractivity contribution in [1.82, 2.24) is 0 Å². The van der Waals surface area contributed by atoms with Crippen molar-refractivity contribution in [1.29, 1.82) is 0 Å². The van der Waals surface area contributed by atoms with Crippen LogP contribution in [-0.2, 0) is 14.3 Å². The molecule has 2 bridgehead atoms. The van der Waals surface area contributed by atoms with Crippen molar-refractivity contribution in [3.8, 4) is 0 Å². The number of carboxylic acids is 1. The van der Waals surface area contributed by atoms with Crippen LogP contribution >= 0.6 is 11.8 Å². The first-order chi connectivity index (χ1) is 14.2. The van der Waals surface area contributed by atoms with Gasteiger partial charge in [0.25, 0.3) is 0 Å². The average Bonchev–Trinajstić information content (AvgIpc) is 3.33. The molecule has 3 aliphatic heterocycles. The molecule has 5 heteroatoms. The van der Waals surface area contributed by atoms with Crippen molar-refractivity contribution < 1.29 is 19.4 Å². The molecule has 0 saturated carbocycles. The first kappa shape index (κ1) is 22.9. The number of hydrogen-bond donors (Lipinski definition) is 1. The van der Waals surface area contributed by atoms with Crippen LogP contribution in [0.2, 0.25) is 0 Å². The summed E-state index contributed by atoms with van der Waals surface area (Å²) in [5, 5.41) is 8.73. The van der Waals surface area contributed by atoms with E-state index in [0.717, 1.165) is 25.0 Å². The Morgan fingerprint density at radius 1 is 0.966 bits per heavy atom. The number of epoxide rings is 1. The molecule has 3 saturated heterocycles. The molecule has 0 unspecified atom stereocenters. The zero-order valence-electron chi connectivity index (χ0n) is 18.1. The number of ether oxygens (including phenoxy) is 2. The van der Waals surface area contributed by atoms with Crippen LogP contribution in [-0.4, -0.2) is 47.0 Å². The summed E-state index contributed by atoms with van der Waals surface area (Å²) in [5.41, 5.74) is 1.61. The molecule has 3 aliphatic rings. The summed E-state index contributed by atoms with van der Waals surface area (Å²) in [6.45, 7) is 4.53. The van der Waals surface area contributed by atoms with Crippen molar-refractivity contribution >= 4 is 17.7 Å². The highest BCUT2D eigenvalue weighted by Gasteiger charge is 2.68. The molecular weight excluding hydrogens is 384 g/mol. The fourth-order valence-corrected chi connectivity index (χ4v) is 6.09. The van der Waals surface area contributed by atoms with Crippen molar-refractivity contribution in [2.45, 2.75) is 96.1 Å². The number of carbonyl (C=O) groups is 1. The van der Waals surface area contributed by atoms with E-state index in [2.05, 4.69) is 43.8 Å². The molecule has 6 atom stereocenters. The lowest BCUT2D eigenvalue weighted by molar-refractivity contribution is -0.137. The van der Waals surface area contributed by atoms with Gasteiger partial charge in [-0.3, -0.25) is 4.79 Å². The number of aliphatic carboxylic acids is 1. The van der Waals surface area contributed by atoms with Crippen LogP contribution < -0.4 is 0 Å². The highest BCUT2D eigenvalue weighted by Crippen LogP contribution is 2.55. The molecule has 0 aliphatic carbocycles. The number of carboxylic acid groups (broad SMARTS) is 1. The molecule has 0 spiro atoms. The summed E-state index contributed by atoms with van der Waals surface area (Å²) >= 11 is 2.08. The Labute approximate surface area is 180 Å². The third-order valence-electron chi connectivity index (χ3n) is 6.58. The summed E-state index contributed by atoms with van der Waals surface area (Å²) in [6, 6.07) is 0. The lowest BCUT2D eigenvalue weighted by Gasteiger charge is -2.25. The second kappa shape index (κ2) is 11.6. The second-order valence-electron chi connectivity index (χ2n) is 8.63. The SMILES string of the molecule is CCCCC=C(CC)CCSC[C@@H]1[C@H](C/C=C\CCCC(=O)O)[C@H]2O[C@@H]1[C@H]1O[C@H]12. The van der Waals surface area contributed by atoms with Crippen molar-refractivity contribution in [2.75, 3.05) is 11.5 Å². The molecule has 3 rings (SSSR count). The number of rotatable bonds is 15. The van der Waals surface area contributed by atoms with Gasteiger partial charge in [0.05, 0.1) is 12.2 Å². The Balaban J connectivity index is 1.40. The molecule has 0 radical (unpaired) electrons. The molecule has 29 heavy (non-hydrogen) atoms. The highest BCUT2D eigenvalue weighted by atomic mass is 32.2. The van der Waals surface area contributed by atoms with E-state index >= 15 is 0 Å². The number of thioether (sulfide) groups is 1. The van der Waals surface area contributed by atoms with Gasteiger partial charge in [-0.2, -0.15) is 11.8 Å². The van der Waals surface area contributed by atoms with E-state index < -0.39 is 5.97 Å². The van der Waals surface area contributed by atoms with Crippen LogP contribution in [0.4, 0.5) is 0 Å². The molecule has 4 nitrogen and oxygen atoms in total. The lowest BCUT2D eigenvalue weighted by Crippen LogP contribution is -2.34. The maximum atomic E-state index is 10.6. The van der Waals surface area contributed by atoms with Crippen LogP contribution in [0.15, 0.2) is 23.8 Å². The summed E-state index contributed by atoms with van der Waals surface area (Å²) in [5.74, 6) is 2.80. The number of hydrogen-bond acceptors (Lipinski definition) is 4. The predicted molar refractivity (Wildman–Crippen MR) is 119 cm³/mol. The standard InChI is InChI=1S/C24H38O4S/c1-3-5-8-11-17(4-2)14-15-29-16-19-18(12-9-6-7-10-13-20(25)26)21-23-24(28-23)22(19)27-21/h6,9,11,18-19,21-24H,3-5,7-8,10,12-16H2,1-2H3,(H,25,26)/b9-6-,17-11?/t18-,19+,21+,22-,23-,24+/m0/s1. The third kappa shape index (κ3) is 6.35. The van der Waals surface area contributed by atoms with Gasteiger partial charge in [-0.05, 0) is 55.9 Å². The third-order valence-corrected chi connectivity index (χ3v) is 7.69. The van der Waals surface area contributed by atoms with Crippen molar-refractivity contribution in [2.24, 2.45) is 11.8 Å². The minimum absolute atomic E-state index is 0.255. The van der Waals surface area contributed by atoms with Gasteiger partial charge in [-0.15, -0.1) is 0 Å². The first-order valence-corrected chi connectivity index (χ1v) is 12.7. The normalized spacial score (nSPS) is 32.8. The fourth-order valence-electron chi connectivity index (χ4n) is 4.80. The van der Waals surface area contributed by atoms with E-state index in [-0.39, 0.29) is 12.5 Å². The Bertz CT molecular complexity index is 587. The van der Waals surface area contributed by atoms with Crippen molar-refractivity contribution in [3.63, 3.8) is 0 Å². The maximum absolute atomic E-state index is 10.6. The summed E-state index contributed by atoms with van der Waals surface area (Å²) in [7, 11) is 0. The van der Waals surface area contributed by atoms with Gasteiger partial charge in [-0.25, -0.2) is 0 Å². The first-order valence-electron chi connectivity index (χ1n) is 11.6. The van der Waals surface area contributed by atoms with Gasteiger partial charge in [0, 0.05) is 12.3 Å². The van der Waals surface area contributed by atoms with Gasteiger partial charge in [0.1, 0.15) is 12.2 Å². The van der Waals surface area contributed by atoms with Crippen LogP contribution in [0, 0.1) is 11.8 Å². The molecule has 0 aromatic heterocycles. The van der Waals surface area contributed by atoms with Gasteiger partial charge in [0.2, 0.25) is 0 Å².